The van der Waals surface area contributed by atoms with Crippen molar-refractivity contribution >= 4 is 0 Å². The van der Waals surface area contributed by atoms with E-state index in [1.807, 2.05) is 0 Å². The average Bonchev–Trinajstić information content (AvgIpc) is 2.56. The van der Waals surface area contributed by atoms with E-state index in [-0.39, 0.29) is 0 Å². The van der Waals surface area contributed by atoms with E-state index in [0.717, 1.165) is 11.8 Å². The van der Waals surface area contributed by atoms with Crippen molar-refractivity contribution in [2.75, 3.05) is 6.54 Å². The fraction of sp³-hybridized carbons (Fsp3) is 1.00. The summed E-state index contributed by atoms with van der Waals surface area (Å²) < 4.78 is 0. The smallest absolute Gasteiger partial charge is 0.0232 e. The Hall–Kier alpha value is -0.0400. The SMILES string of the molecule is CC(C)C1(C2CCCCC2)CCCCCN1. The highest BCUT2D eigenvalue weighted by Gasteiger charge is 2.41. The van der Waals surface area contributed by atoms with Gasteiger partial charge in [-0.1, -0.05) is 46.0 Å². The maximum Gasteiger partial charge on any atom is 0.0232 e. The van der Waals surface area contributed by atoms with E-state index in [9.17, 15) is 0 Å². The van der Waals surface area contributed by atoms with Gasteiger partial charge in [-0.2, -0.15) is 0 Å². The van der Waals surface area contributed by atoms with E-state index in [1.54, 1.807) is 0 Å². The van der Waals surface area contributed by atoms with Crippen molar-refractivity contribution in [3.05, 3.63) is 0 Å². The van der Waals surface area contributed by atoms with Crippen LogP contribution in [0.2, 0.25) is 0 Å². The normalized spacial score (nSPS) is 33.9. The molecule has 1 unspecified atom stereocenters. The molecule has 0 amide bonds. The molecule has 0 radical (unpaired) electrons. The fourth-order valence-corrected chi connectivity index (χ4v) is 4.06. The molecule has 1 heterocycles. The highest BCUT2D eigenvalue weighted by Crippen LogP contribution is 2.41. The monoisotopic (exact) mass is 223 g/mol. The molecule has 1 N–H and O–H groups in total. The first-order valence-corrected chi connectivity index (χ1v) is 7.51. The molecule has 1 nitrogen and oxygen atoms in total. The average molecular weight is 223 g/mol. The standard InChI is InChI=1S/C15H29N/c1-13(2)15(11-7-4-8-12-16-15)14-9-5-3-6-10-14/h13-14,16H,3-12H2,1-2H3. The van der Waals surface area contributed by atoms with Gasteiger partial charge >= 0.3 is 0 Å². The molecule has 2 rings (SSSR count). The Morgan fingerprint density at radius 3 is 2.31 bits per heavy atom. The Kier molecular flexibility index (Phi) is 4.29. The van der Waals surface area contributed by atoms with Crippen LogP contribution in [-0.2, 0) is 0 Å². The summed E-state index contributed by atoms with van der Waals surface area (Å²) in [5, 5.41) is 3.96. The summed E-state index contributed by atoms with van der Waals surface area (Å²) in [5.41, 5.74) is 0.483. The largest absolute Gasteiger partial charge is 0.311 e. The molecule has 0 spiro atoms. The second-order valence-corrected chi connectivity index (χ2v) is 6.27. The van der Waals surface area contributed by atoms with Crippen LogP contribution in [0.25, 0.3) is 0 Å². The number of rotatable bonds is 2. The molecule has 2 aliphatic rings. The minimum Gasteiger partial charge on any atom is -0.311 e. The Balaban J connectivity index is 2.11. The lowest BCUT2D eigenvalue weighted by Crippen LogP contribution is -2.55. The van der Waals surface area contributed by atoms with Gasteiger partial charge in [-0.25, -0.2) is 0 Å². The summed E-state index contributed by atoms with van der Waals surface area (Å²) in [6.07, 6.45) is 13.1. The van der Waals surface area contributed by atoms with Crippen molar-refractivity contribution in [1.29, 1.82) is 0 Å². The van der Waals surface area contributed by atoms with E-state index < -0.39 is 0 Å². The highest BCUT2D eigenvalue weighted by molar-refractivity contribution is 4.98. The second kappa shape index (κ2) is 5.53. The maximum absolute atomic E-state index is 3.96. The van der Waals surface area contributed by atoms with Crippen LogP contribution >= 0.6 is 0 Å². The molecule has 1 aliphatic heterocycles. The van der Waals surface area contributed by atoms with Gasteiger partial charge < -0.3 is 5.32 Å². The molecule has 0 aromatic carbocycles. The van der Waals surface area contributed by atoms with Crippen LogP contribution in [0.5, 0.6) is 0 Å². The molecule has 1 aliphatic carbocycles. The second-order valence-electron chi connectivity index (χ2n) is 6.27. The zero-order valence-corrected chi connectivity index (χ0v) is 11.2. The predicted octanol–water partition coefficient (Wildman–Crippen LogP) is 4.13. The van der Waals surface area contributed by atoms with E-state index in [0.29, 0.717) is 5.54 Å². The van der Waals surface area contributed by atoms with Gasteiger partial charge in [0, 0.05) is 5.54 Å². The Bertz CT molecular complexity index is 195. The number of nitrogens with one attached hydrogen (secondary N) is 1. The molecule has 0 aromatic rings. The first kappa shape index (κ1) is 12.4. The molecular weight excluding hydrogens is 194 g/mol. The summed E-state index contributed by atoms with van der Waals surface area (Å²) >= 11 is 0. The fourth-order valence-electron chi connectivity index (χ4n) is 4.06. The highest BCUT2D eigenvalue weighted by atomic mass is 15.0. The third-order valence-corrected chi connectivity index (χ3v) is 5.09. The molecule has 94 valence electrons. The zero-order valence-electron chi connectivity index (χ0n) is 11.2. The van der Waals surface area contributed by atoms with Crippen LogP contribution in [0.3, 0.4) is 0 Å². The first-order valence-electron chi connectivity index (χ1n) is 7.51. The summed E-state index contributed by atoms with van der Waals surface area (Å²) in [6, 6.07) is 0. The molecule has 0 aromatic heterocycles. The van der Waals surface area contributed by atoms with Crippen LogP contribution in [0.1, 0.15) is 71.6 Å². The lowest BCUT2D eigenvalue weighted by Gasteiger charge is -2.46. The molecule has 2 fully saturated rings. The van der Waals surface area contributed by atoms with Crippen molar-refractivity contribution in [2.24, 2.45) is 11.8 Å². The maximum atomic E-state index is 3.96. The topological polar surface area (TPSA) is 12.0 Å². The Labute approximate surface area is 101 Å². The summed E-state index contributed by atoms with van der Waals surface area (Å²) in [5.74, 6) is 1.76. The van der Waals surface area contributed by atoms with Gasteiger partial charge in [-0.05, 0) is 44.1 Å². The van der Waals surface area contributed by atoms with Crippen LogP contribution in [0.4, 0.5) is 0 Å². The Morgan fingerprint density at radius 2 is 1.62 bits per heavy atom. The number of hydrogen-bond acceptors (Lipinski definition) is 1. The number of hydrogen-bond donors (Lipinski definition) is 1. The molecular formula is C15H29N. The van der Waals surface area contributed by atoms with Gasteiger partial charge in [0.15, 0.2) is 0 Å². The quantitative estimate of drug-likeness (QED) is 0.742. The van der Waals surface area contributed by atoms with Crippen LogP contribution in [0.15, 0.2) is 0 Å². The van der Waals surface area contributed by atoms with Crippen LogP contribution in [-0.4, -0.2) is 12.1 Å². The van der Waals surface area contributed by atoms with Gasteiger partial charge in [0.2, 0.25) is 0 Å². The summed E-state index contributed by atoms with van der Waals surface area (Å²) in [6.45, 7) is 6.13. The molecule has 1 saturated carbocycles. The lowest BCUT2D eigenvalue weighted by molar-refractivity contribution is 0.103. The van der Waals surface area contributed by atoms with E-state index in [2.05, 4.69) is 19.2 Å². The summed E-state index contributed by atoms with van der Waals surface area (Å²) in [4.78, 5) is 0. The molecule has 0 bridgehead atoms. The van der Waals surface area contributed by atoms with Gasteiger partial charge in [-0.15, -0.1) is 0 Å². The molecule has 16 heavy (non-hydrogen) atoms. The predicted molar refractivity (Wildman–Crippen MR) is 70.6 cm³/mol. The van der Waals surface area contributed by atoms with E-state index >= 15 is 0 Å². The lowest BCUT2D eigenvalue weighted by atomic mass is 9.67. The van der Waals surface area contributed by atoms with Crippen molar-refractivity contribution in [3.63, 3.8) is 0 Å². The third kappa shape index (κ3) is 2.45. The van der Waals surface area contributed by atoms with E-state index in [4.69, 9.17) is 0 Å². The molecule has 1 heteroatoms. The third-order valence-electron chi connectivity index (χ3n) is 5.09. The van der Waals surface area contributed by atoms with Gasteiger partial charge in [0.05, 0.1) is 0 Å². The molecule has 1 atom stereocenters. The van der Waals surface area contributed by atoms with Gasteiger partial charge in [0.25, 0.3) is 0 Å². The van der Waals surface area contributed by atoms with Crippen LogP contribution < -0.4 is 5.32 Å². The molecule has 1 saturated heterocycles. The van der Waals surface area contributed by atoms with Gasteiger partial charge in [-0.3, -0.25) is 0 Å². The minimum absolute atomic E-state index is 0.483. The Morgan fingerprint density at radius 1 is 0.938 bits per heavy atom. The van der Waals surface area contributed by atoms with E-state index in [1.165, 1.54) is 64.3 Å². The van der Waals surface area contributed by atoms with Crippen molar-refractivity contribution in [3.8, 4) is 0 Å². The summed E-state index contributed by atoms with van der Waals surface area (Å²) in [7, 11) is 0. The van der Waals surface area contributed by atoms with Crippen molar-refractivity contribution in [2.45, 2.75) is 77.2 Å². The van der Waals surface area contributed by atoms with Crippen molar-refractivity contribution < 1.29 is 0 Å². The van der Waals surface area contributed by atoms with Crippen LogP contribution in [0, 0.1) is 11.8 Å². The van der Waals surface area contributed by atoms with Crippen molar-refractivity contribution in [1.82, 2.24) is 5.32 Å². The zero-order chi connectivity index (χ0) is 11.4. The minimum atomic E-state index is 0.483. The first-order chi connectivity index (χ1) is 7.76. The van der Waals surface area contributed by atoms with Gasteiger partial charge in [0.1, 0.15) is 0 Å².